The number of rotatable bonds is 4. The standard InChI is InChI=1S/C22H20F6O6S2/c1-11-7-13-14(8-12(11)2)20(4)6-5-19(13,3)15-9-17(33-35(29,30)21(23,24)25)18(10-16(15)20)34-36(31,32)22(26,27)28/h7-10H,5-6H2,1-4H3. The summed E-state index contributed by atoms with van der Waals surface area (Å²) in [5.74, 6) is -2.64. The topological polar surface area (TPSA) is 86.7 Å². The van der Waals surface area contributed by atoms with E-state index in [1.807, 2.05) is 26.0 Å². The van der Waals surface area contributed by atoms with Crippen LogP contribution in [0.1, 0.15) is 60.1 Å². The van der Waals surface area contributed by atoms with E-state index in [0.29, 0.717) is 24.0 Å². The highest BCUT2D eigenvalue weighted by atomic mass is 32.2. The van der Waals surface area contributed by atoms with Crippen LogP contribution in [0.15, 0.2) is 24.3 Å². The number of hydrogen-bond acceptors (Lipinski definition) is 6. The molecule has 0 fully saturated rings. The Kier molecular flexibility index (Phi) is 5.56. The van der Waals surface area contributed by atoms with Crippen molar-refractivity contribution in [3.8, 4) is 11.5 Å². The Bertz CT molecular complexity index is 1380. The molecule has 36 heavy (non-hydrogen) atoms. The minimum atomic E-state index is -6.37. The molecule has 0 radical (unpaired) electrons. The Balaban J connectivity index is 2.02. The van der Waals surface area contributed by atoms with Crippen molar-refractivity contribution < 1.29 is 51.5 Å². The fraction of sp³-hybridized carbons (Fsp3) is 0.455. The van der Waals surface area contributed by atoms with Gasteiger partial charge in [-0.25, -0.2) is 0 Å². The highest BCUT2D eigenvalue weighted by Crippen LogP contribution is 2.61. The molecule has 2 atom stereocenters. The molecule has 6 nitrogen and oxygen atoms in total. The van der Waals surface area contributed by atoms with Gasteiger partial charge in [0.15, 0.2) is 11.5 Å². The molecule has 198 valence electrons. The molecule has 3 aliphatic rings. The highest BCUT2D eigenvalue weighted by Gasteiger charge is 2.55. The number of fused-ring (bicyclic) bond motifs is 1. The minimum Gasteiger partial charge on any atom is -0.372 e. The van der Waals surface area contributed by atoms with Crippen molar-refractivity contribution in [3.63, 3.8) is 0 Å². The van der Waals surface area contributed by atoms with E-state index >= 15 is 0 Å². The molecule has 0 heterocycles. The summed E-state index contributed by atoms with van der Waals surface area (Å²) >= 11 is 0. The van der Waals surface area contributed by atoms with Crippen LogP contribution >= 0.6 is 0 Å². The molecule has 14 heteroatoms. The van der Waals surface area contributed by atoms with Crippen molar-refractivity contribution in [2.75, 3.05) is 0 Å². The minimum absolute atomic E-state index is 0.302. The number of aryl methyl sites for hydroxylation is 2. The smallest absolute Gasteiger partial charge is 0.372 e. The summed E-state index contributed by atoms with van der Waals surface area (Å²) in [6.45, 7) is 7.28. The second kappa shape index (κ2) is 7.53. The molecule has 0 N–H and O–H groups in total. The van der Waals surface area contributed by atoms with E-state index in [9.17, 15) is 43.2 Å². The van der Waals surface area contributed by atoms with Crippen LogP contribution in [0.5, 0.6) is 11.5 Å². The molecule has 0 aliphatic heterocycles. The van der Waals surface area contributed by atoms with Crippen LogP contribution in [0.4, 0.5) is 26.3 Å². The summed E-state index contributed by atoms with van der Waals surface area (Å²) in [7, 11) is -12.7. The lowest BCUT2D eigenvalue weighted by Crippen LogP contribution is -2.46. The summed E-state index contributed by atoms with van der Waals surface area (Å²) in [5.41, 5.74) is -9.49. The van der Waals surface area contributed by atoms with Gasteiger partial charge in [0.25, 0.3) is 0 Å². The van der Waals surface area contributed by atoms with Crippen LogP contribution in [0.25, 0.3) is 0 Å². The van der Waals surface area contributed by atoms with Gasteiger partial charge in [-0.3, -0.25) is 0 Å². The van der Waals surface area contributed by atoms with E-state index < -0.39 is 53.6 Å². The first-order chi connectivity index (χ1) is 16.1. The highest BCUT2D eigenvalue weighted by molar-refractivity contribution is 7.88. The predicted octanol–water partition coefficient (Wildman–Crippen LogP) is 5.48. The van der Waals surface area contributed by atoms with Crippen molar-refractivity contribution in [2.24, 2.45) is 0 Å². The first-order valence-corrected chi connectivity index (χ1v) is 13.3. The monoisotopic (exact) mass is 558 g/mol. The maximum atomic E-state index is 13.0. The van der Waals surface area contributed by atoms with Crippen LogP contribution < -0.4 is 8.37 Å². The second-order valence-electron chi connectivity index (χ2n) is 9.46. The maximum absolute atomic E-state index is 13.0. The van der Waals surface area contributed by atoms with Crippen molar-refractivity contribution in [2.45, 2.75) is 62.4 Å². The van der Waals surface area contributed by atoms with E-state index in [4.69, 9.17) is 0 Å². The third kappa shape index (κ3) is 3.75. The van der Waals surface area contributed by atoms with Crippen LogP contribution in [-0.2, 0) is 31.1 Å². The van der Waals surface area contributed by atoms with Gasteiger partial charge in [0.2, 0.25) is 0 Å². The molecule has 2 aromatic rings. The first kappa shape index (κ1) is 26.6. The Morgan fingerprint density at radius 2 is 0.917 bits per heavy atom. The number of benzene rings is 2. The van der Waals surface area contributed by atoms with Gasteiger partial charge in [0.05, 0.1) is 0 Å². The van der Waals surface area contributed by atoms with Crippen molar-refractivity contribution >= 4 is 20.2 Å². The van der Waals surface area contributed by atoms with Gasteiger partial charge in [-0.05, 0) is 72.2 Å². The third-order valence-electron chi connectivity index (χ3n) is 7.19. The molecule has 0 saturated carbocycles. The zero-order valence-electron chi connectivity index (χ0n) is 19.3. The Labute approximate surface area is 203 Å². The van der Waals surface area contributed by atoms with E-state index in [1.165, 1.54) is 0 Å². The number of alkyl halides is 6. The quantitative estimate of drug-likeness (QED) is 0.281. The van der Waals surface area contributed by atoms with E-state index in [2.05, 4.69) is 8.37 Å². The molecule has 0 spiro atoms. The lowest BCUT2D eigenvalue weighted by Gasteiger charge is -2.53. The summed E-state index contributed by atoms with van der Waals surface area (Å²) in [5, 5.41) is 0. The molecular weight excluding hydrogens is 538 g/mol. The fourth-order valence-corrected chi connectivity index (χ4v) is 5.91. The number of hydrogen-bond donors (Lipinski definition) is 0. The molecule has 2 unspecified atom stereocenters. The van der Waals surface area contributed by atoms with E-state index in [1.54, 1.807) is 13.8 Å². The lowest BCUT2D eigenvalue weighted by molar-refractivity contribution is -0.0513. The lowest BCUT2D eigenvalue weighted by atomic mass is 9.50. The van der Waals surface area contributed by atoms with Gasteiger partial charge in [0, 0.05) is 10.8 Å². The zero-order chi connectivity index (χ0) is 27.3. The van der Waals surface area contributed by atoms with Gasteiger partial charge >= 0.3 is 31.3 Å². The molecule has 2 bridgehead atoms. The summed E-state index contributed by atoms with van der Waals surface area (Å²) in [4.78, 5) is 0. The van der Waals surface area contributed by atoms with E-state index in [0.717, 1.165) is 34.4 Å². The normalized spacial score (nSPS) is 23.7. The summed E-state index contributed by atoms with van der Waals surface area (Å²) in [6, 6.07) is 5.48. The second-order valence-corrected chi connectivity index (χ2v) is 12.5. The van der Waals surface area contributed by atoms with Crippen molar-refractivity contribution in [1.29, 1.82) is 0 Å². The van der Waals surface area contributed by atoms with Crippen LogP contribution in [0, 0.1) is 13.8 Å². The first-order valence-electron chi connectivity index (χ1n) is 10.5. The third-order valence-corrected chi connectivity index (χ3v) is 9.12. The van der Waals surface area contributed by atoms with Gasteiger partial charge in [-0.15, -0.1) is 0 Å². The van der Waals surface area contributed by atoms with Crippen LogP contribution in [-0.4, -0.2) is 27.9 Å². The SMILES string of the molecule is Cc1cc2c(cc1C)C1(C)CCC2(C)c2cc(OS(=O)(=O)C(F)(F)F)c(OS(=O)(=O)C(F)(F)F)cc21. The molecule has 5 rings (SSSR count). The molecule has 0 saturated heterocycles. The largest absolute Gasteiger partial charge is 0.534 e. The predicted molar refractivity (Wildman–Crippen MR) is 116 cm³/mol. The average molecular weight is 559 g/mol. The zero-order valence-corrected chi connectivity index (χ0v) is 20.9. The molecule has 2 aromatic carbocycles. The Hall–Kier alpha value is -2.48. The molecule has 3 aliphatic carbocycles. The summed E-state index contributed by atoms with van der Waals surface area (Å²) in [6.07, 6.45) is 0.969. The summed E-state index contributed by atoms with van der Waals surface area (Å²) < 4.78 is 133. The molecular formula is C22H20F6O6S2. The van der Waals surface area contributed by atoms with Crippen LogP contribution in [0.3, 0.4) is 0 Å². The van der Waals surface area contributed by atoms with Crippen molar-refractivity contribution in [1.82, 2.24) is 0 Å². The van der Waals surface area contributed by atoms with Gasteiger partial charge in [-0.1, -0.05) is 26.0 Å². The molecule has 0 aromatic heterocycles. The van der Waals surface area contributed by atoms with Crippen molar-refractivity contribution in [3.05, 3.63) is 57.6 Å². The van der Waals surface area contributed by atoms with E-state index in [-0.39, 0.29) is 0 Å². The van der Waals surface area contributed by atoms with Gasteiger partial charge in [-0.2, -0.15) is 43.2 Å². The maximum Gasteiger partial charge on any atom is 0.534 e. The Morgan fingerprint density at radius 3 is 1.19 bits per heavy atom. The van der Waals surface area contributed by atoms with Gasteiger partial charge < -0.3 is 8.37 Å². The fourth-order valence-electron chi connectivity index (χ4n) is 4.99. The van der Waals surface area contributed by atoms with Gasteiger partial charge in [0.1, 0.15) is 0 Å². The Morgan fingerprint density at radius 1 is 0.639 bits per heavy atom. The number of halogens is 6. The molecule has 0 amide bonds. The average Bonchev–Trinajstić information content (AvgIpc) is 2.70. The van der Waals surface area contributed by atoms with Crippen LogP contribution in [0.2, 0.25) is 0 Å².